The van der Waals surface area contributed by atoms with Crippen molar-refractivity contribution in [2.75, 3.05) is 5.32 Å². The zero-order chi connectivity index (χ0) is 14.5. The predicted octanol–water partition coefficient (Wildman–Crippen LogP) is 2.48. The Balaban J connectivity index is 0.00000220. The second-order valence-electron chi connectivity index (χ2n) is 4.91. The predicted molar refractivity (Wildman–Crippen MR) is 95.9 cm³/mol. The first-order valence-electron chi connectivity index (χ1n) is 6.56. The lowest BCUT2D eigenvalue weighted by Gasteiger charge is -2.09. The Bertz CT molecular complexity index is 605. The summed E-state index contributed by atoms with van der Waals surface area (Å²) in [5.41, 5.74) is 8.08. The zero-order valence-corrected chi connectivity index (χ0v) is 14.8. The summed E-state index contributed by atoms with van der Waals surface area (Å²) in [5.74, 6) is 1.62. The van der Waals surface area contributed by atoms with E-state index >= 15 is 0 Å². The molecule has 7 heteroatoms. The molecule has 1 heterocycles. The molecule has 0 atom stereocenters. The Morgan fingerprint density at radius 3 is 2.81 bits per heavy atom. The van der Waals surface area contributed by atoms with E-state index in [4.69, 9.17) is 5.73 Å². The third kappa shape index (κ3) is 5.00. The molecule has 0 bridgehead atoms. The van der Waals surface area contributed by atoms with Crippen molar-refractivity contribution < 1.29 is 0 Å². The van der Waals surface area contributed by atoms with E-state index in [-0.39, 0.29) is 24.0 Å². The van der Waals surface area contributed by atoms with E-state index in [1.165, 1.54) is 11.9 Å². The largest absolute Gasteiger partial charge is 0.370 e. The van der Waals surface area contributed by atoms with Crippen LogP contribution < -0.4 is 11.1 Å². The molecule has 1 aromatic carbocycles. The third-order valence-corrected chi connectivity index (χ3v) is 3.02. The van der Waals surface area contributed by atoms with Crippen molar-refractivity contribution in [1.82, 2.24) is 14.8 Å². The van der Waals surface area contributed by atoms with Crippen molar-refractivity contribution in [1.29, 1.82) is 0 Å². The van der Waals surface area contributed by atoms with Crippen LogP contribution in [0.1, 0.15) is 31.2 Å². The van der Waals surface area contributed by atoms with Crippen molar-refractivity contribution in [3.05, 3.63) is 42.0 Å². The molecule has 3 N–H and O–H groups in total. The molecule has 0 saturated carbocycles. The maximum Gasteiger partial charge on any atom is 0.193 e. The number of aromatic nitrogens is 3. The van der Waals surface area contributed by atoms with Crippen molar-refractivity contribution in [3.8, 4) is 0 Å². The number of guanidine groups is 1. The number of hydrogen-bond acceptors (Lipinski definition) is 3. The zero-order valence-electron chi connectivity index (χ0n) is 12.4. The lowest BCUT2D eigenvalue weighted by atomic mass is 10.0. The van der Waals surface area contributed by atoms with Crippen molar-refractivity contribution in [2.45, 2.75) is 26.3 Å². The second kappa shape index (κ2) is 7.96. The van der Waals surface area contributed by atoms with Crippen molar-refractivity contribution in [2.24, 2.45) is 17.8 Å². The fraction of sp³-hybridized carbons (Fsp3) is 0.357. The molecule has 21 heavy (non-hydrogen) atoms. The van der Waals surface area contributed by atoms with Crippen LogP contribution in [0.4, 0.5) is 5.69 Å². The number of anilines is 1. The Labute approximate surface area is 141 Å². The summed E-state index contributed by atoms with van der Waals surface area (Å²) in [6.45, 7) is 4.72. The van der Waals surface area contributed by atoms with Gasteiger partial charge in [-0.3, -0.25) is 4.68 Å². The van der Waals surface area contributed by atoms with E-state index in [2.05, 4.69) is 46.4 Å². The van der Waals surface area contributed by atoms with Crippen LogP contribution >= 0.6 is 24.0 Å². The maximum atomic E-state index is 5.88. The Kier molecular flexibility index (Phi) is 6.60. The van der Waals surface area contributed by atoms with Crippen LogP contribution in [0.5, 0.6) is 0 Å². The van der Waals surface area contributed by atoms with Crippen LogP contribution in [0.15, 0.2) is 35.6 Å². The Morgan fingerprint density at radius 2 is 2.19 bits per heavy atom. The third-order valence-electron chi connectivity index (χ3n) is 3.02. The van der Waals surface area contributed by atoms with Gasteiger partial charge < -0.3 is 11.1 Å². The minimum absolute atomic E-state index is 0. The van der Waals surface area contributed by atoms with Gasteiger partial charge in [0.15, 0.2) is 5.96 Å². The molecule has 0 saturated heterocycles. The number of aliphatic imine (C=N–C) groups is 1. The molecule has 1 aromatic heterocycles. The number of halogens is 1. The van der Waals surface area contributed by atoms with Crippen LogP contribution in [0.2, 0.25) is 0 Å². The van der Waals surface area contributed by atoms with Crippen LogP contribution in [-0.4, -0.2) is 20.7 Å². The van der Waals surface area contributed by atoms with Crippen LogP contribution in [0.25, 0.3) is 0 Å². The summed E-state index contributed by atoms with van der Waals surface area (Å²) in [6, 6.07) is 8.16. The Morgan fingerprint density at radius 1 is 1.43 bits per heavy atom. The number of hydrogen-bond donors (Lipinski definition) is 2. The number of benzene rings is 1. The van der Waals surface area contributed by atoms with E-state index in [1.807, 2.05) is 19.2 Å². The minimum Gasteiger partial charge on any atom is -0.370 e. The lowest BCUT2D eigenvalue weighted by Crippen LogP contribution is -2.23. The summed E-state index contributed by atoms with van der Waals surface area (Å²) in [7, 11) is 1.83. The average Bonchev–Trinajstić information content (AvgIpc) is 2.82. The average molecular weight is 400 g/mol. The fourth-order valence-corrected chi connectivity index (χ4v) is 1.78. The first-order chi connectivity index (χ1) is 9.56. The fourth-order valence-electron chi connectivity index (χ4n) is 1.78. The van der Waals surface area contributed by atoms with Crippen LogP contribution in [-0.2, 0) is 13.6 Å². The molecular formula is C14H21IN6. The van der Waals surface area contributed by atoms with Crippen LogP contribution in [0, 0.1) is 0 Å². The van der Waals surface area contributed by atoms with Gasteiger partial charge in [-0.15, -0.1) is 24.0 Å². The molecule has 0 amide bonds. The van der Waals surface area contributed by atoms with Crippen molar-refractivity contribution >= 4 is 35.6 Å². The van der Waals surface area contributed by atoms with E-state index in [9.17, 15) is 0 Å². The smallest absolute Gasteiger partial charge is 0.193 e. The molecule has 114 valence electrons. The summed E-state index contributed by atoms with van der Waals surface area (Å²) >= 11 is 0. The topological polar surface area (TPSA) is 81.1 Å². The number of aryl methyl sites for hydroxylation is 1. The number of nitrogens with zero attached hydrogens (tertiary/aromatic N) is 4. The normalized spacial score (nSPS) is 11.3. The van der Waals surface area contributed by atoms with Crippen molar-refractivity contribution in [3.63, 3.8) is 0 Å². The lowest BCUT2D eigenvalue weighted by molar-refractivity contribution is 0.702. The summed E-state index contributed by atoms with van der Waals surface area (Å²) in [6.07, 6.45) is 1.50. The molecule has 0 fully saturated rings. The summed E-state index contributed by atoms with van der Waals surface area (Å²) in [4.78, 5) is 8.35. The first kappa shape index (κ1) is 17.4. The Hall–Kier alpha value is -1.64. The molecule has 2 rings (SSSR count). The van der Waals surface area contributed by atoms with Gasteiger partial charge in [0, 0.05) is 12.7 Å². The SMILES string of the molecule is CC(C)c1cccc(NC(N)=NCc2ncnn2C)c1.I. The van der Waals surface area contributed by atoms with Gasteiger partial charge in [0.1, 0.15) is 18.7 Å². The van der Waals surface area contributed by atoms with Crippen LogP contribution in [0.3, 0.4) is 0 Å². The molecule has 0 spiro atoms. The van der Waals surface area contributed by atoms with Gasteiger partial charge in [0.2, 0.25) is 0 Å². The van der Waals surface area contributed by atoms with Gasteiger partial charge in [-0.2, -0.15) is 5.10 Å². The second-order valence-corrected chi connectivity index (χ2v) is 4.91. The standard InChI is InChI=1S/C14H20N6.HI/c1-10(2)11-5-4-6-12(7-11)19-14(15)16-8-13-17-9-18-20(13)3;/h4-7,9-10H,8H2,1-3H3,(H3,15,16,19);1H. The molecule has 0 radical (unpaired) electrons. The first-order valence-corrected chi connectivity index (χ1v) is 6.56. The maximum absolute atomic E-state index is 5.88. The van der Waals surface area contributed by atoms with E-state index in [0.717, 1.165) is 11.5 Å². The minimum atomic E-state index is 0. The van der Waals surface area contributed by atoms with Gasteiger partial charge in [0.05, 0.1) is 0 Å². The molecular weight excluding hydrogens is 379 g/mol. The molecule has 0 aliphatic carbocycles. The van der Waals surface area contributed by atoms with Gasteiger partial charge in [0.25, 0.3) is 0 Å². The molecule has 0 aliphatic rings. The van der Waals surface area contributed by atoms with Gasteiger partial charge in [-0.05, 0) is 23.6 Å². The number of rotatable bonds is 4. The highest BCUT2D eigenvalue weighted by atomic mass is 127. The highest BCUT2D eigenvalue weighted by Gasteiger charge is 2.02. The van der Waals surface area contributed by atoms with E-state index in [1.54, 1.807) is 4.68 Å². The molecule has 0 unspecified atom stereocenters. The monoisotopic (exact) mass is 400 g/mol. The van der Waals surface area contributed by atoms with E-state index < -0.39 is 0 Å². The summed E-state index contributed by atoms with van der Waals surface area (Å²) in [5, 5.41) is 7.07. The van der Waals surface area contributed by atoms with Gasteiger partial charge in [-0.25, -0.2) is 9.98 Å². The quantitative estimate of drug-likeness (QED) is 0.470. The number of nitrogens with two attached hydrogens (primary N) is 1. The summed E-state index contributed by atoms with van der Waals surface area (Å²) < 4.78 is 1.68. The highest BCUT2D eigenvalue weighted by Crippen LogP contribution is 2.18. The van der Waals surface area contributed by atoms with E-state index in [0.29, 0.717) is 18.4 Å². The molecule has 2 aromatic rings. The van der Waals surface area contributed by atoms with Gasteiger partial charge >= 0.3 is 0 Å². The van der Waals surface area contributed by atoms with Gasteiger partial charge in [-0.1, -0.05) is 26.0 Å². The molecule has 6 nitrogen and oxygen atoms in total. The highest BCUT2D eigenvalue weighted by molar-refractivity contribution is 14.0. The number of nitrogens with one attached hydrogen (secondary N) is 1. The molecule has 0 aliphatic heterocycles.